The quantitative estimate of drug-likeness (QED) is 0.660. The number of hydrogen-bond acceptors (Lipinski definition) is 5. The maximum atomic E-state index is 13.0. The SMILES string of the molecule is CC(=O)c1ccccc1NC(=O)CN1CCN(S(=O)(=O)N(C)C2CCCCC2)CC1. The molecule has 1 amide bonds. The lowest BCUT2D eigenvalue weighted by molar-refractivity contribution is -0.117. The molecule has 1 aliphatic heterocycles. The van der Waals surface area contributed by atoms with Crippen LogP contribution in [-0.2, 0) is 15.0 Å². The smallest absolute Gasteiger partial charge is 0.282 e. The second kappa shape index (κ2) is 10.00. The minimum absolute atomic E-state index is 0.0916. The van der Waals surface area contributed by atoms with Crippen molar-refractivity contribution in [3.05, 3.63) is 29.8 Å². The molecule has 0 atom stereocenters. The minimum atomic E-state index is -3.48. The van der Waals surface area contributed by atoms with Gasteiger partial charge in [0.05, 0.1) is 12.2 Å². The van der Waals surface area contributed by atoms with Crippen LogP contribution in [0.1, 0.15) is 49.4 Å². The molecule has 1 saturated carbocycles. The number of carbonyl (C=O) groups is 2. The van der Waals surface area contributed by atoms with Crippen LogP contribution in [0.15, 0.2) is 24.3 Å². The lowest BCUT2D eigenvalue weighted by atomic mass is 9.96. The highest BCUT2D eigenvalue weighted by atomic mass is 32.2. The number of amides is 1. The highest BCUT2D eigenvalue weighted by molar-refractivity contribution is 7.86. The molecule has 8 nitrogen and oxygen atoms in total. The Hall–Kier alpha value is -1.81. The van der Waals surface area contributed by atoms with Gasteiger partial charge in [-0.05, 0) is 31.9 Å². The molecule has 0 radical (unpaired) electrons. The molecule has 2 fully saturated rings. The third-order valence-electron chi connectivity index (χ3n) is 6.06. The zero-order valence-electron chi connectivity index (χ0n) is 17.8. The minimum Gasteiger partial charge on any atom is -0.324 e. The van der Waals surface area contributed by atoms with E-state index < -0.39 is 10.2 Å². The van der Waals surface area contributed by atoms with Crippen LogP contribution in [0.3, 0.4) is 0 Å². The number of benzene rings is 1. The van der Waals surface area contributed by atoms with E-state index >= 15 is 0 Å². The number of hydrogen-bond donors (Lipinski definition) is 1. The van der Waals surface area contributed by atoms with Crippen molar-refractivity contribution >= 4 is 27.6 Å². The van der Waals surface area contributed by atoms with E-state index in [9.17, 15) is 18.0 Å². The summed E-state index contributed by atoms with van der Waals surface area (Å²) in [7, 11) is -1.78. The molecule has 30 heavy (non-hydrogen) atoms. The van der Waals surface area contributed by atoms with Crippen molar-refractivity contribution in [3.8, 4) is 0 Å². The summed E-state index contributed by atoms with van der Waals surface area (Å²) in [6, 6.07) is 7.02. The van der Waals surface area contributed by atoms with Crippen LogP contribution in [0.5, 0.6) is 0 Å². The van der Waals surface area contributed by atoms with Crippen molar-refractivity contribution < 1.29 is 18.0 Å². The molecule has 0 aromatic heterocycles. The molecule has 9 heteroatoms. The largest absolute Gasteiger partial charge is 0.324 e. The Kier molecular flexibility index (Phi) is 7.62. The monoisotopic (exact) mass is 436 g/mol. The van der Waals surface area contributed by atoms with Gasteiger partial charge in [-0.2, -0.15) is 17.0 Å². The summed E-state index contributed by atoms with van der Waals surface area (Å²) < 4.78 is 29.0. The maximum Gasteiger partial charge on any atom is 0.282 e. The highest BCUT2D eigenvalue weighted by Crippen LogP contribution is 2.25. The topological polar surface area (TPSA) is 90.0 Å². The van der Waals surface area contributed by atoms with Crippen LogP contribution in [0.4, 0.5) is 5.69 Å². The van der Waals surface area contributed by atoms with E-state index in [1.807, 2.05) is 4.90 Å². The Bertz CT molecular complexity index is 860. The number of para-hydroxylation sites is 1. The molecule has 1 aromatic carbocycles. The van der Waals surface area contributed by atoms with Crippen molar-refractivity contribution in [1.82, 2.24) is 13.5 Å². The molecular weight excluding hydrogens is 404 g/mol. The molecule has 1 aromatic rings. The van der Waals surface area contributed by atoms with E-state index in [2.05, 4.69) is 5.32 Å². The van der Waals surface area contributed by atoms with Gasteiger partial charge in [-0.3, -0.25) is 14.5 Å². The number of ketones is 1. The lowest BCUT2D eigenvalue weighted by Crippen LogP contribution is -2.55. The number of nitrogens with zero attached hydrogens (tertiary/aromatic N) is 3. The van der Waals surface area contributed by atoms with E-state index in [4.69, 9.17) is 0 Å². The normalized spacial score (nSPS) is 19.7. The summed E-state index contributed by atoms with van der Waals surface area (Å²) in [5.41, 5.74) is 0.984. The van der Waals surface area contributed by atoms with E-state index in [0.717, 1.165) is 25.7 Å². The first-order valence-electron chi connectivity index (χ1n) is 10.6. The zero-order valence-corrected chi connectivity index (χ0v) is 18.7. The molecule has 166 valence electrons. The molecule has 1 aliphatic carbocycles. The third kappa shape index (κ3) is 5.46. The second-order valence-corrected chi connectivity index (χ2v) is 10.1. The first kappa shape index (κ1) is 22.9. The van der Waals surface area contributed by atoms with Gasteiger partial charge in [0.15, 0.2) is 5.78 Å². The molecule has 3 rings (SSSR count). The number of anilines is 1. The van der Waals surface area contributed by atoms with Crippen molar-refractivity contribution in [3.63, 3.8) is 0 Å². The van der Waals surface area contributed by atoms with Gasteiger partial charge >= 0.3 is 0 Å². The molecule has 0 spiro atoms. The van der Waals surface area contributed by atoms with Crippen LogP contribution >= 0.6 is 0 Å². The van der Waals surface area contributed by atoms with Gasteiger partial charge in [-0.25, -0.2) is 0 Å². The van der Waals surface area contributed by atoms with Crippen molar-refractivity contribution in [2.24, 2.45) is 0 Å². The summed E-state index contributed by atoms with van der Waals surface area (Å²) in [5.74, 6) is -0.314. The van der Waals surface area contributed by atoms with Crippen LogP contribution in [0.2, 0.25) is 0 Å². The molecule has 1 saturated heterocycles. The summed E-state index contributed by atoms with van der Waals surface area (Å²) >= 11 is 0. The van der Waals surface area contributed by atoms with Crippen LogP contribution in [0.25, 0.3) is 0 Å². The van der Waals surface area contributed by atoms with Gasteiger partial charge < -0.3 is 5.32 Å². The first-order valence-corrected chi connectivity index (χ1v) is 12.0. The average Bonchev–Trinajstić information content (AvgIpc) is 2.74. The van der Waals surface area contributed by atoms with Crippen LogP contribution in [0, 0.1) is 0 Å². The second-order valence-electron chi connectivity index (χ2n) is 8.14. The average molecular weight is 437 g/mol. The molecule has 0 unspecified atom stereocenters. The molecule has 0 bridgehead atoms. The van der Waals surface area contributed by atoms with Gasteiger partial charge in [-0.15, -0.1) is 0 Å². The first-order chi connectivity index (χ1) is 14.3. The van der Waals surface area contributed by atoms with Crippen molar-refractivity contribution in [1.29, 1.82) is 0 Å². The number of nitrogens with one attached hydrogen (secondary N) is 1. The fourth-order valence-corrected chi connectivity index (χ4v) is 5.80. The van der Waals surface area contributed by atoms with E-state index in [0.29, 0.717) is 37.4 Å². The van der Waals surface area contributed by atoms with E-state index in [1.54, 1.807) is 35.6 Å². The molecule has 2 aliphatic rings. The maximum absolute atomic E-state index is 13.0. The van der Waals surface area contributed by atoms with Crippen molar-refractivity contribution in [2.75, 3.05) is 45.1 Å². The zero-order chi connectivity index (χ0) is 21.7. The summed E-state index contributed by atoms with van der Waals surface area (Å²) in [6.45, 7) is 3.38. The predicted octanol–water partition coefficient (Wildman–Crippen LogP) is 1.95. The fourth-order valence-electron chi connectivity index (χ4n) is 4.23. The third-order valence-corrected chi connectivity index (χ3v) is 8.10. The molecule has 1 N–H and O–H groups in total. The van der Waals surface area contributed by atoms with Gasteiger partial charge in [0, 0.05) is 44.8 Å². The van der Waals surface area contributed by atoms with Crippen LogP contribution < -0.4 is 5.32 Å². The van der Waals surface area contributed by atoms with Gasteiger partial charge in [0.25, 0.3) is 10.2 Å². The Balaban J connectivity index is 1.52. The van der Waals surface area contributed by atoms with Gasteiger partial charge in [0.2, 0.25) is 5.91 Å². The summed E-state index contributed by atoms with van der Waals surface area (Å²) in [5, 5.41) is 2.80. The molecular formula is C21H32N4O4S. The predicted molar refractivity (Wildman–Crippen MR) is 117 cm³/mol. The Morgan fingerprint density at radius 1 is 1.07 bits per heavy atom. The highest BCUT2D eigenvalue weighted by Gasteiger charge is 2.34. The standard InChI is InChI=1S/C21H32N4O4S/c1-17(26)19-10-6-7-11-20(19)22-21(27)16-24-12-14-25(15-13-24)30(28,29)23(2)18-8-4-3-5-9-18/h6-7,10-11,18H,3-5,8-9,12-16H2,1-2H3,(H,22,27). The number of Topliss-reactive ketones (excluding diaryl/α,β-unsaturated/α-hetero) is 1. The number of piperazine rings is 1. The summed E-state index contributed by atoms with van der Waals surface area (Å²) in [6.07, 6.45) is 5.21. The molecule has 1 heterocycles. The lowest BCUT2D eigenvalue weighted by Gasteiger charge is -2.38. The van der Waals surface area contributed by atoms with Crippen molar-refractivity contribution in [2.45, 2.75) is 45.1 Å². The van der Waals surface area contributed by atoms with Crippen LogP contribution in [-0.4, -0.2) is 79.4 Å². The van der Waals surface area contributed by atoms with E-state index in [-0.39, 0.29) is 24.3 Å². The number of carbonyl (C=O) groups excluding carboxylic acids is 2. The Morgan fingerprint density at radius 3 is 2.33 bits per heavy atom. The fraction of sp³-hybridized carbons (Fsp3) is 0.619. The van der Waals surface area contributed by atoms with E-state index in [1.165, 1.54) is 17.6 Å². The van der Waals surface area contributed by atoms with Gasteiger partial charge in [-0.1, -0.05) is 31.4 Å². The van der Waals surface area contributed by atoms with Gasteiger partial charge in [0.1, 0.15) is 0 Å². The Morgan fingerprint density at radius 2 is 1.70 bits per heavy atom. The summed E-state index contributed by atoms with van der Waals surface area (Å²) in [4.78, 5) is 26.1. The number of rotatable bonds is 7. The Labute approximate surface area is 179 Å².